The van der Waals surface area contributed by atoms with Gasteiger partial charge in [0.15, 0.2) is 0 Å². The lowest BCUT2D eigenvalue weighted by atomic mass is 10.1. The summed E-state index contributed by atoms with van der Waals surface area (Å²) in [6, 6.07) is 14.5. The van der Waals surface area contributed by atoms with Crippen LogP contribution in [0.15, 0.2) is 53.4 Å². The first kappa shape index (κ1) is 24.9. The maximum Gasteiger partial charge on any atom is 0.255 e. The molecule has 1 aromatic heterocycles. The molecular formula is C26H32N4O4S. The summed E-state index contributed by atoms with van der Waals surface area (Å²) >= 11 is 0. The summed E-state index contributed by atoms with van der Waals surface area (Å²) in [7, 11) is -2.03. The third-order valence-corrected chi connectivity index (χ3v) is 8.53. The maximum atomic E-state index is 13.4. The Hall–Kier alpha value is -3.17. The van der Waals surface area contributed by atoms with Crippen LogP contribution in [0.4, 0.5) is 5.69 Å². The van der Waals surface area contributed by atoms with Crippen molar-refractivity contribution in [1.29, 1.82) is 0 Å². The van der Waals surface area contributed by atoms with Gasteiger partial charge in [-0.2, -0.15) is 9.40 Å². The van der Waals surface area contributed by atoms with Crippen molar-refractivity contribution in [1.82, 2.24) is 14.1 Å². The molecule has 0 spiro atoms. The number of aromatic nitrogens is 2. The smallest absolute Gasteiger partial charge is 0.255 e. The minimum absolute atomic E-state index is 0.238. The summed E-state index contributed by atoms with van der Waals surface area (Å²) in [6.07, 6.45) is 3.91. The topological polar surface area (TPSA) is 93.5 Å². The standard InChI is InChI=1S/C26H32N4O4S/c1-19-25(35(32,33)29-16-8-4-5-9-17-29)20(2)30(28-19)18-21-12-14-22(15-13-21)26(31)27-23-10-6-7-11-24(23)34-3/h6-7,10-15H,4-5,8-9,16-18H2,1-3H3,(H,27,31). The zero-order valence-corrected chi connectivity index (χ0v) is 21.3. The quantitative estimate of drug-likeness (QED) is 0.524. The lowest BCUT2D eigenvalue weighted by Crippen LogP contribution is -2.32. The fourth-order valence-corrected chi connectivity index (χ4v) is 6.39. The molecular weight excluding hydrogens is 464 g/mol. The second-order valence-electron chi connectivity index (χ2n) is 8.83. The number of hydrogen-bond acceptors (Lipinski definition) is 5. The number of nitrogens with one attached hydrogen (secondary N) is 1. The summed E-state index contributed by atoms with van der Waals surface area (Å²) in [4.78, 5) is 13.0. The molecule has 0 saturated carbocycles. The fourth-order valence-electron chi connectivity index (χ4n) is 4.50. The number of amides is 1. The highest BCUT2D eigenvalue weighted by atomic mass is 32.2. The minimum Gasteiger partial charge on any atom is -0.495 e. The van der Waals surface area contributed by atoms with E-state index in [9.17, 15) is 13.2 Å². The van der Waals surface area contributed by atoms with Crippen LogP contribution in [0.25, 0.3) is 0 Å². The third kappa shape index (κ3) is 5.41. The van der Waals surface area contributed by atoms with Gasteiger partial charge < -0.3 is 10.1 Å². The molecule has 35 heavy (non-hydrogen) atoms. The molecule has 1 fully saturated rings. The second-order valence-corrected chi connectivity index (χ2v) is 10.7. The monoisotopic (exact) mass is 496 g/mol. The van der Waals surface area contributed by atoms with Gasteiger partial charge in [0, 0.05) is 18.7 Å². The van der Waals surface area contributed by atoms with Gasteiger partial charge in [-0.25, -0.2) is 8.42 Å². The Morgan fingerprint density at radius 3 is 2.31 bits per heavy atom. The highest BCUT2D eigenvalue weighted by molar-refractivity contribution is 7.89. The summed E-state index contributed by atoms with van der Waals surface area (Å²) in [5.74, 6) is 0.353. The highest BCUT2D eigenvalue weighted by Gasteiger charge is 2.31. The SMILES string of the molecule is COc1ccccc1NC(=O)c1ccc(Cn2nc(C)c(S(=O)(=O)N3CCCCCC3)c2C)cc1. The molecule has 8 nitrogen and oxygen atoms in total. The van der Waals surface area contributed by atoms with Gasteiger partial charge in [0.2, 0.25) is 10.0 Å². The molecule has 1 aliphatic heterocycles. The first-order valence-electron chi connectivity index (χ1n) is 11.9. The molecule has 1 aliphatic rings. The summed E-state index contributed by atoms with van der Waals surface area (Å²) in [5, 5.41) is 7.41. The normalized spacial score (nSPS) is 14.9. The molecule has 2 heterocycles. The van der Waals surface area contributed by atoms with Crippen LogP contribution in [-0.2, 0) is 16.6 Å². The second kappa shape index (κ2) is 10.6. The fraction of sp³-hybridized carbons (Fsp3) is 0.385. The summed E-state index contributed by atoms with van der Waals surface area (Å²) in [5.41, 5.74) is 3.18. The number of carbonyl (C=O) groups excluding carboxylic acids is 1. The molecule has 0 bridgehead atoms. The Balaban J connectivity index is 1.50. The molecule has 9 heteroatoms. The van der Waals surface area contributed by atoms with E-state index in [2.05, 4.69) is 10.4 Å². The van der Waals surface area contributed by atoms with Crippen molar-refractivity contribution in [3.8, 4) is 5.75 Å². The van der Waals surface area contributed by atoms with Crippen molar-refractivity contribution < 1.29 is 17.9 Å². The van der Waals surface area contributed by atoms with Crippen LogP contribution in [-0.4, -0.2) is 48.6 Å². The molecule has 0 radical (unpaired) electrons. The van der Waals surface area contributed by atoms with E-state index < -0.39 is 10.0 Å². The Morgan fingerprint density at radius 1 is 1.00 bits per heavy atom. The van der Waals surface area contributed by atoms with Crippen molar-refractivity contribution in [2.75, 3.05) is 25.5 Å². The molecule has 2 aromatic carbocycles. The Labute approximate surface area is 207 Å². The average Bonchev–Trinajstić information content (AvgIpc) is 3.02. The van der Waals surface area contributed by atoms with Crippen LogP contribution in [0, 0.1) is 13.8 Å². The molecule has 3 aromatic rings. The van der Waals surface area contributed by atoms with Gasteiger partial charge in [-0.3, -0.25) is 9.48 Å². The number of ether oxygens (including phenoxy) is 1. The zero-order chi connectivity index (χ0) is 25.0. The predicted molar refractivity (Wildman–Crippen MR) is 135 cm³/mol. The van der Waals surface area contributed by atoms with Gasteiger partial charge in [-0.15, -0.1) is 0 Å². The van der Waals surface area contributed by atoms with Gasteiger partial charge in [0.1, 0.15) is 10.6 Å². The number of nitrogens with zero attached hydrogens (tertiary/aromatic N) is 3. The van der Waals surface area contributed by atoms with E-state index in [1.54, 1.807) is 54.2 Å². The molecule has 0 atom stereocenters. The zero-order valence-electron chi connectivity index (χ0n) is 20.5. The Morgan fingerprint density at radius 2 is 1.66 bits per heavy atom. The third-order valence-electron chi connectivity index (χ3n) is 6.38. The van der Waals surface area contributed by atoms with E-state index in [-0.39, 0.29) is 5.91 Å². The highest BCUT2D eigenvalue weighted by Crippen LogP contribution is 2.27. The number of para-hydroxylation sites is 2. The average molecular weight is 497 g/mol. The van der Waals surface area contributed by atoms with Crippen molar-refractivity contribution in [3.63, 3.8) is 0 Å². The lowest BCUT2D eigenvalue weighted by Gasteiger charge is -2.20. The number of carbonyl (C=O) groups is 1. The maximum absolute atomic E-state index is 13.4. The molecule has 186 valence electrons. The number of methoxy groups -OCH3 is 1. The number of sulfonamides is 1. The number of benzene rings is 2. The minimum atomic E-state index is -3.58. The van der Waals surface area contributed by atoms with Crippen LogP contribution in [0.5, 0.6) is 5.75 Å². The lowest BCUT2D eigenvalue weighted by molar-refractivity contribution is 0.102. The van der Waals surface area contributed by atoms with Gasteiger partial charge in [-0.05, 0) is 56.5 Å². The van der Waals surface area contributed by atoms with E-state index >= 15 is 0 Å². The van der Waals surface area contributed by atoms with Gasteiger partial charge >= 0.3 is 0 Å². The van der Waals surface area contributed by atoms with Gasteiger partial charge in [0.05, 0.1) is 30.7 Å². The van der Waals surface area contributed by atoms with Crippen molar-refractivity contribution in [3.05, 3.63) is 71.0 Å². The van der Waals surface area contributed by atoms with E-state index in [1.807, 2.05) is 24.3 Å². The Bertz CT molecular complexity index is 1290. The number of hydrogen-bond donors (Lipinski definition) is 1. The molecule has 0 aliphatic carbocycles. The first-order valence-corrected chi connectivity index (χ1v) is 13.3. The van der Waals surface area contributed by atoms with Crippen LogP contribution in [0.3, 0.4) is 0 Å². The van der Waals surface area contributed by atoms with Crippen LogP contribution in [0.1, 0.15) is 53.0 Å². The van der Waals surface area contributed by atoms with E-state index in [0.717, 1.165) is 31.2 Å². The number of aryl methyl sites for hydroxylation is 1. The van der Waals surface area contributed by atoms with Gasteiger partial charge in [-0.1, -0.05) is 37.1 Å². The van der Waals surface area contributed by atoms with Crippen molar-refractivity contribution in [2.45, 2.75) is 51.0 Å². The van der Waals surface area contributed by atoms with Crippen molar-refractivity contribution >= 4 is 21.6 Å². The van der Waals surface area contributed by atoms with Crippen LogP contribution in [0.2, 0.25) is 0 Å². The van der Waals surface area contributed by atoms with Crippen LogP contribution >= 0.6 is 0 Å². The largest absolute Gasteiger partial charge is 0.495 e. The molecule has 1 N–H and O–H groups in total. The Kier molecular flexibility index (Phi) is 7.57. The van der Waals surface area contributed by atoms with E-state index in [4.69, 9.17) is 4.74 Å². The molecule has 4 rings (SSSR count). The molecule has 0 unspecified atom stereocenters. The van der Waals surface area contributed by atoms with Crippen molar-refractivity contribution in [2.24, 2.45) is 0 Å². The summed E-state index contributed by atoms with van der Waals surface area (Å²) < 4.78 is 35.4. The number of rotatable bonds is 7. The first-order chi connectivity index (χ1) is 16.8. The van der Waals surface area contributed by atoms with E-state index in [1.165, 1.54) is 0 Å². The molecule has 1 saturated heterocycles. The number of anilines is 1. The van der Waals surface area contributed by atoms with Crippen LogP contribution < -0.4 is 10.1 Å². The predicted octanol–water partition coefficient (Wildman–Crippen LogP) is 4.37. The molecule has 1 amide bonds. The van der Waals surface area contributed by atoms with Gasteiger partial charge in [0.25, 0.3) is 5.91 Å². The summed E-state index contributed by atoms with van der Waals surface area (Å²) in [6.45, 7) is 5.09. The van der Waals surface area contributed by atoms with E-state index in [0.29, 0.717) is 52.9 Å².